The van der Waals surface area contributed by atoms with Gasteiger partial charge < -0.3 is 49.6 Å². The van der Waals surface area contributed by atoms with E-state index in [4.69, 9.17) is 24.1 Å². The molecule has 1 aromatic carbocycles. The number of ether oxygens (including phenoxy) is 4. The SMILES string of the molecule is C=Cc1ccc(OC2OC(COC3OCC(O)(CO)C3O)C(O)C(O)C2O)cc1. The van der Waals surface area contributed by atoms with Gasteiger partial charge in [-0.2, -0.15) is 0 Å². The van der Waals surface area contributed by atoms with Crippen molar-refractivity contribution in [3.63, 3.8) is 0 Å². The zero-order chi connectivity index (χ0) is 21.2. The van der Waals surface area contributed by atoms with Crippen LogP contribution in [0, 0.1) is 0 Å². The lowest BCUT2D eigenvalue weighted by atomic mass is 9.99. The predicted molar refractivity (Wildman–Crippen MR) is 97.6 cm³/mol. The molecule has 6 N–H and O–H groups in total. The molecule has 162 valence electrons. The molecule has 0 radical (unpaired) electrons. The number of aliphatic hydroxyl groups is 6. The molecule has 8 atom stereocenters. The van der Waals surface area contributed by atoms with Gasteiger partial charge in [0.2, 0.25) is 6.29 Å². The molecule has 0 amide bonds. The third-order valence-electron chi connectivity index (χ3n) is 5.04. The van der Waals surface area contributed by atoms with Gasteiger partial charge in [-0.15, -0.1) is 0 Å². The molecule has 0 bridgehead atoms. The maximum Gasteiger partial charge on any atom is 0.229 e. The Labute approximate surface area is 167 Å². The Morgan fingerprint density at radius 1 is 1.07 bits per heavy atom. The largest absolute Gasteiger partial charge is 0.462 e. The van der Waals surface area contributed by atoms with Gasteiger partial charge in [0.15, 0.2) is 6.29 Å². The number of hydrogen-bond acceptors (Lipinski definition) is 10. The highest BCUT2D eigenvalue weighted by atomic mass is 16.7. The first-order chi connectivity index (χ1) is 13.8. The highest BCUT2D eigenvalue weighted by molar-refractivity contribution is 5.48. The fourth-order valence-corrected chi connectivity index (χ4v) is 3.09. The molecule has 0 spiro atoms. The Kier molecular flexibility index (Phi) is 6.89. The monoisotopic (exact) mass is 414 g/mol. The van der Waals surface area contributed by atoms with Crippen LogP contribution in [0.1, 0.15) is 5.56 Å². The topological polar surface area (TPSA) is 158 Å². The first-order valence-electron chi connectivity index (χ1n) is 9.12. The minimum absolute atomic E-state index is 0.336. The van der Waals surface area contributed by atoms with Crippen LogP contribution in [0.25, 0.3) is 6.08 Å². The van der Waals surface area contributed by atoms with Gasteiger partial charge in [-0.05, 0) is 17.7 Å². The molecule has 29 heavy (non-hydrogen) atoms. The Bertz CT molecular complexity index is 682. The first-order valence-corrected chi connectivity index (χ1v) is 9.12. The molecule has 2 heterocycles. The van der Waals surface area contributed by atoms with Crippen LogP contribution in [0.15, 0.2) is 30.8 Å². The summed E-state index contributed by atoms with van der Waals surface area (Å²) >= 11 is 0. The van der Waals surface area contributed by atoms with Crippen LogP contribution in [0.5, 0.6) is 5.75 Å². The highest BCUT2D eigenvalue weighted by Gasteiger charge is 2.50. The molecule has 2 saturated heterocycles. The molecule has 2 aliphatic rings. The molecule has 10 heteroatoms. The van der Waals surface area contributed by atoms with E-state index in [2.05, 4.69) is 6.58 Å². The standard InChI is InChI=1S/C19H26O10/c1-2-10-3-5-11(6-4-10)28-17-15(23)14(22)13(21)12(29-17)7-26-18-16(24)19(25,8-20)9-27-18/h2-6,12-18,20-25H,1,7-9H2. The maximum absolute atomic E-state index is 10.2. The van der Waals surface area contributed by atoms with Crippen molar-refractivity contribution in [3.8, 4) is 5.75 Å². The molecule has 0 aromatic heterocycles. The van der Waals surface area contributed by atoms with E-state index in [1.807, 2.05) is 0 Å². The van der Waals surface area contributed by atoms with E-state index in [1.54, 1.807) is 30.3 Å². The average molecular weight is 414 g/mol. The van der Waals surface area contributed by atoms with Gasteiger partial charge in [0.25, 0.3) is 0 Å². The first kappa shape index (κ1) is 22.1. The second-order valence-corrected chi connectivity index (χ2v) is 7.12. The van der Waals surface area contributed by atoms with Crippen LogP contribution in [0.3, 0.4) is 0 Å². The van der Waals surface area contributed by atoms with Gasteiger partial charge in [-0.1, -0.05) is 24.8 Å². The summed E-state index contributed by atoms with van der Waals surface area (Å²) in [5.74, 6) is 0.366. The highest BCUT2D eigenvalue weighted by Crippen LogP contribution is 2.28. The Hall–Kier alpha value is -1.60. The summed E-state index contributed by atoms with van der Waals surface area (Å²) in [6.07, 6.45) is -8.13. The van der Waals surface area contributed by atoms with Crippen molar-refractivity contribution in [2.24, 2.45) is 0 Å². The van der Waals surface area contributed by atoms with Crippen molar-refractivity contribution < 1.29 is 49.6 Å². The number of rotatable bonds is 7. The van der Waals surface area contributed by atoms with Crippen LogP contribution in [-0.2, 0) is 14.2 Å². The van der Waals surface area contributed by atoms with Gasteiger partial charge in [0.05, 0.1) is 19.8 Å². The van der Waals surface area contributed by atoms with E-state index >= 15 is 0 Å². The molecule has 8 unspecified atom stereocenters. The minimum Gasteiger partial charge on any atom is -0.462 e. The Morgan fingerprint density at radius 2 is 1.76 bits per heavy atom. The van der Waals surface area contributed by atoms with E-state index in [1.165, 1.54) is 0 Å². The fourth-order valence-electron chi connectivity index (χ4n) is 3.09. The number of aliphatic hydroxyl groups excluding tert-OH is 5. The van der Waals surface area contributed by atoms with Crippen molar-refractivity contribution in [2.45, 2.75) is 48.7 Å². The third kappa shape index (κ3) is 4.61. The van der Waals surface area contributed by atoms with E-state index < -0.39 is 55.3 Å². The molecular weight excluding hydrogens is 388 g/mol. The Balaban J connectivity index is 1.62. The molecule has 2 aliphatic heterocycles. The molecule has 1 aromatic rings. The lowest BCUT2D eigenvalue weighted by Gasteiger charge is -2.40. The summed E-state index contributed by atoms with van der Waals surface area (Å²) in [5.41, 5.74) is -0.988. The van der Waals surface area contributed by atoms with Crippen LogP contribution >= 0.6 is 0 Å². The normalized spacial score (nSPS) is 40.0. The summed E-state index contributed by atoms with van der Waals surface area (Å²) < 4.78 is 21.6. The second kappa shape index (κ2) is 9.04. The summed E-state index contributed by atoms with van der Waals surface area (Å²) in [7, 11) is 0. The quantitative estimate of drug-likeness (QED) is 0.294. The van der Waals surface area contributed by atoms with Crippen molar-refractivity contribution in [3.05, 3.63) is 36.4 Å². The van der Waals surface area contributed by atoms with Gasteiger partial charge in [-0.25, -0.2) is 0 Å². The van der Waals surface area contributed by atoms with Crippen LogP contribution in [-0.4, -0.2) is 99.2 Å². The van der Waals surface area contributed by atoms with Gasteiger partial charge in [-0.3, -0.25) is 0 Å². The van der Waals surface area contributed by atoms with Gasteiger partial charge in [0.1, 0.15) is 41.9 Å². The van der Waals surface area contributed by atoms with Crippen LogP contribution < -0.4 is 4.74 Å². The van der Waals surface area contributed by atoms with Crippen molar-refractivity contribution >= 4 is 6.08 Å². The van der Waals surface area contributed by atoms with E-state index in [-0.39, 0.29) is 13.2 Å². The van der Waals surface area contributed by atoms with Crippen LogP contribution in [0.2, 0.25) is 0 Å². The smallest absolute Gasteiger partial charge is 0.229 e. The zero-order valence-electron chi connectivity index (χ0n) is 15.6. The second-order valence-electron chi connectivity index (χ2n) is 7.12. The fraction of sp³-hybridized carbons (Fsp3) is 0.579. The maximum atomic E-state index is 10.2. The third-order valence-corrected chi connectivity index (χ3v) is 5.04. The summed E-state index contributed by atoms with van der Waals surface area (Å²) in [6, 6.07) is 6.75. The molecule has 0 saturated carbocycles. The summed E-state index contributed by atoms with van der Waals surface area (Å²) in [5, 5.41) is 59.6. The number of benzene rings is 1. The number of hydrogen-bond donors (Lipinski definition) is 6. The predicted octanol–water partition coefficient (Wildman–Crippen LogP) is -2.03. The van der Waals surface area contributed by atoms with E-state index in [0.29, 0.717) is 5.75 Å². The van der Waals surface area contributed by atoms with Crippen molar-refractivity contribution in [1.29, 1.82) is 0 Å². The lowest BCUT2D eigenvalue weighted by Crippen LogP contribution is -2.60. The molecule has 0 aliphatic carbocycles. The van der Waals surface area contributed by atoms with Crippen molar-refractivity contribution in [2.75, 3.05) is 19.8 Å². The van der Waals surface area contributed by atoms with Gasteiger partial charge >= 0.3 is 0 Å². The lowest BCUT2D eigenvalue weighted by molar-refractivity contribution is -0.289. The zero-order valence-corrected chi connectivity index (χ0v) is 15.6. The Morgan fingerprint density at radius 3 is 2.34 bits per heavy atom. The molecule has 2 fully saturated rings. The van der Waals surface area contributed by atoms with Crippen molar-refractivity contribution in [1.82, 2.24) is 0 Å². The minimum atomic E-state index is -1.85. The molecule has 3 rings (SSSR count). The molecule has 10 nitrogen and oxygen atoms in total. The van der Waals surface area contributed by atoms with E-state index in [0.717, 1.165) is 5.56 Å². The van der Waals surface area contributed by atoms with Crippen LogP contribution in [0.4, 0.5) is 0 Å². The van der Waals surface area contributed by atoms with E-state index in [9.17, 15) is 25.5 Å². The van der Waals surface area contributed by atoms with Gasteiger partial charge in [0, 0.05) is 0 Å². The summed E-state index contributed by atoms with van der Waals surface area (Å²) in [6.45, 7) is 2.25. The molecular formula is C19H26O10. The summed E-state index contributed by atoms with van der Waals surface area (Å²) in [4.78, 5) is 0. The average Bonchev–Trinajstić information content (AvgIpc) is 3.02.